The maximum atomic E-state index is 11.9. The van der Waals surface area contributed by atoms with E-state index in [0.29, 0.717) is 12.1 Å². The highest BCUT2D eigenvalue weighted by Crippen LogP contribution is 2.05. The molecule has 0 radical (unpaired) electrons. The van der Waals surface area contributed by atoms with E-state index in [0.717, 1.165) is 0 Å². The molecule has 0 saturated carbocycles. The summed E-state index contributed by atoms with van der Waals surface area (Å²) >= 11 is 0. The van der Waals surface area contributed by atoms with Crippen LogP contribution in [0, 0.1) is 21.3 Å². The molecule has 0 unspecified atom stereocenters. The van der Waals surface area contributed by atoms with Crippen molar-refractivity contribution in [2.24, 2.45) is 0 Å². The van der Waals surface area contributed by atoms with Crippen LogP contribution in [-0.2, 0) is 20.2 Å². The van der Waals surface area contributed by atoms with E-state index in [1.54, 1.807) is 0 Å². The first-order valence-electron chi connectivity index (χ1n) is 5.25. The molecule has 22 heavy (non-hydrogen) atoms. The Morgan fingerprint density at radius 2 is 1.09 bits per heavy atom. The smallest absolute Gasteiger partial charge is 0.296 e. The summed E-state index contributed by atoms with van der Waals surface area (Å²) < 4.78 is 62.3. The molecular weight excluding hydrogens is 340 g/mol. The average molecular weight is 346 g/mol. The molecule has 0 spiro atoms. The van der Waals surface area contributed by atoms with E-state index in [1.165, 1.54) is 0 Å². The summed E-state index contributed by atoms with van der Waals surface area (Å²) in [4.78, 5) is 21.5. The highest BCUT2D eigenvalue weighted by molar-refractivity contribution is 7.86. The molecule has 0 heterocycles. The molecule has 0 bridgehead atoms. The van der Waals surface area contributed by atoms with E-state index in [9.17, 15) is 26.4 Å². The van der Waals surface area contributed by atoms with Gasteiger partial charge in [-0.25, -0.2) is 0 Å². The van der Waals surface area contributed by atoms with Crippen LogP contribution in [0.25, 0.3) is 0 Å². The monoisotopic (exact) mass is 346 g/mol. The Balaban J connectivity index is 3.35. The van der Waals surface area contributed by atoms with Crippen LogP contribution in [0.1, 0.15) is 0 Å². The third-order valence-corrected chi connectivity index (χ3v) is 4.57. The fourth-order valence-electron chi connectivity index (χ4n) is 1.86. The average Bonchev–Trinajstić information content (AvgIpc) is 2.34. The summed E-state index contributed by atoms with van der Waals surface area (Å²) in [5, 5.41) is 11.0. The Labute approximate surface area is 121 Å². The molecule has 4 N–H and O–H groups in total. The zero-order valence-electron chi connectivity index (χ0n) is 10.3. The van der Waals surface area contributed by atoms with Gasteiger partial charge in [0.1, 0.15) is 20.5 Å². The van der Waals surface area contributed by atoms with Crippen molar-refractivity contribution in [1.82, 2.24) is 0 Å². The summed E-state index contributed by atoms with van der Waals surface area (Å²) in [6.07, 6.45) is 0. The summed E-state index contributed by atoms with van der Waals surface area (Å²) in [7, 11) is -9.93. The maximum absolute atomic E-state index is 11.9. The lowest BCUT2D eigenvalue weighted by molar-refractivity contribution is 0.480. The van der Waals surface area contributed by atoms with Gasteiger partial charge < -0.3 is 0 Å². The topological polar surface area (TPSA) is 191 Å². The first kappa shape index (κ1) is 16.1. The largest absolute Gasteiger partial charge is 0.296 e. The lowest BCUT2D eigenvalue weighted by atomic mass is 10.1. The fourth-order valence-corrected chi connectivity index (χ4v) is 3.11. The van der Waals surface area contributed by atoms with Crippen molar-refractivity contribution in [1.29, 1.82) is 10.8 Å². The quantitative estimate of drug-likeness (QED) is 0.427. The van der Waals surface area contributed by atoms with E-state index >= 15 is 0 Å². The highest BCUT2D eigenvalue weighted by atomic mass is 32.2. The molecule has 0 aromatic heterocycles. The van der Waals surface area contributed by atoms with Gasteiger partial charge in [0, 0.05) is 0 Å². The van der Waals surface area contributed by atoms with E-state index in [-0.39, 0.29) is 0 Å². The van der Waals surface area contributed by atoms with Crippen LogP contribution < -0.4 is 21.6 Å². The van der Waals surface area contributed by atoms with Crippen molar-refractivity contribution in [3.63, 3.8) is 0 Å². The molecule has 2 aliphatic carbocycles. The fraction of sp³-hybridized carbons (Fsp3) is 0. The summed E-state index contributed by atoms with van der Waals surface area (Å²) in [6, 6.07) is 1.09. The lowest BCUT2D eigenvalue weighted by Crippen LogP contribution is -2.39. The standard InChI is InChI=1S/C10H6N2O8S2/c11-7-4(21(15,16)17)1-3-2-5(22(18,19)20)8(12)10(14)6(3)9(7)13/h1-2,11-12H,(H,15,16,17)(H,18,19,20). The predicted molar refractivity (Wildman–Crippen MR) is 68.0 cm³/mol. The Hall–Kier alpha value is -2.28. The second-order valence-corrected chi connectivity index (χ2v) is 6.99. The molecule has 2 rings (SSSR count). The third-order valence-electron chi connectivity index (χ3n) is 2.82. The van der Waals surface area contributed by atoms with Gasteiger partial charge in [-0.3, -0.25) is 29.5 Å². The molecule has 0 aliphatic heterocycles. The molecule has 0 saturated heterocycles. The number of hydrogen-bond acceptors (Lipinski definition) is 8. The Kier molecular flexibility index (Phi) is 3.37. The Morgan fingerprint density at radius 1 is 0.773 bits per heavy atom. The van der Waals surface area contributed by atoms with E-state index in [2.05, 4.69) is 0 Å². The molecule has 116 valence electrons. The second kappa shape index (κ2) is 4.61. The molecule has 10 nitrogen and oxygen atoms in total. The normalized spacial score (nSPS) is 12.6. The van der Waals surface area contributed by atoms with Gasteiger partial charge in [0.25, 0.3) is 20.2 Å². The Bertz CT molecular complexity index is 1190. The van der Waals surface area contributed by atoms with Crippen molar-refractivity contribution in [2.75, 3.05) is 0 Å². The van der Waals surface area contributed by atoms with Gasteiger partial charge >= 0.3 is 0 Å². The van der Waals surface area contributed by atoms with Gasteiger partial charge in [-0.1, -0.05) is 0 Å². The predicted octanol–water partition coefficient (Wildman–Crippen LogP) is -2.54. The minimum Gasteiger partial charge on any atom is -0.296 e. The van der Waals surface area contributed by atoms with E-state index in [4.69, 9.17) is 19.9 Å². The van der Waals surface area contributed by atoms with Crippen LogP contribution in [0.2, 0.25) is 0 Å². The van der Waals surface area contributed by atoms with Gasteiger partial charge in [-0.05, 0) is 17.4 Å². The van der Waals surface area contributed by atoms with Crippen LogP contribution in [0.3, 0.4) is 0 Å². The van der Waals surface area contributed by atoms with Gasteiger partial charge in [0.2, 0.25) is 10.9 Å². The SMILES string of the molecule is N=c1c(S(=O)(=O)O)cc2cc(S(=O)(=O)O)c(=N)c(=O)c=2c1=O. The number of nitrogens with one attached hydrogen (secondary N) is 2. The first-order valence-corrected chi connectivity index (χ1v) is 8.13. The van der Waals surface area contributed by atoms with Gasteiger partial charge in [0.15, 0.2) is 0 Å². The van der Waals surface area contributed by atoms with Crippen molar-refractivity contribution in [3.05, 3.63) is 53.7 Å². The molecule has 2 aliphatic rings. The zero-order valence-corrected chi connectivity index (χ0v) is 11.9. The van der Waals surface area contributed by atoms with Crippen molar-refractivity contribution in [2.45, 2.75) is 9.79 Å². The molecule has 0 atom stereocenters. The molecule has 0 fully saturated rings. The maximum Gasteiger partial charge on any atom is 0.296 e. The first-order chi connectivity index (χ1) is 9.85. The van der Waals surface area contributed by atoms with Gasteiger partial charge in [-0.15, -0.1) is 0 Å². The summed E-state index contributed by atoms with van der Waals surface area (Å²) in [6.45, 7) is 0. The third kappa shape index (κ3) is 2.37. The van der Waals surface area contributed by atoms with Crippen LogP contribution in [0.15, 0.2) is 31.5 Å². The van der Waals surface area contributed by atoms with Crippen LogP contribution in [-0.4, -0.2) is 25.9 Å². The van der Waals surface area contributed by atoms with Crippen LogP contribution >= 0.6 is 0 Å². The molecule has 12 heteroatoms. The van der Waals surface area contributed by atoms with Crippen LogP contribution in [0.4, 0.5) is 0 Å². The number of hydrogen-bond donors (Lipinski definition) is 4. The summed E-state index contributed by atoms with van der Waals surface area (Å²) in [5.41, 5.74) is -2.77. The Morgan fingerprint density at radius 3 is 1.36 bits per heavy atom. The van der Waals surface area contributed by atoms with E-state index in [1.807, 2.05) is 0 Å². The summed E-state index contributed by atoms with van der Waals surface area (Å²) in [5.74, 6) is 0. The second-order valence-electron chi connectivity index (χ2n) is 4.21. The van der Waals surface area contributed by atoms with Crippen molar-refractivity contribution >= 4 is 20.2 Å². The highest BCUT2D eigenvalue weighted by Gasteiger charge is 2.20. The number of rotatable bonds is 2. The molecule has 0 aromatic carbocycles. The van der Waals surface area contributed by atoms with E-state index < -0.39 is 62.0 Å². The van der Waals surface area contributed by atoms with Gasteiger partial charge in [0.05, 0.1) is 5.22 Å². The van der Waals surface area contributed by atoms with Gasteiger partial charge in [-0.2, -0.15) is 16.8 Å². The minimum absolute atomic E-state index is 0.540. The van der Waals surface area contributed by atoms with Crippen molar-refractivity contribution < 1.29 is 25.9 Å². The molecule has 0 amide bonds. The minimum atomic E-state index is -4.97. The molecular formula is C10H6N2O8S2. The zero-order chi connectivity index (χ0) is 17.0. The van der Waals surface area contributed by atoms with Crippen molar-refractivity contribution in [3.8, 4) is 0 Å². The molecule has 0 aromatic rings. The van der Waals surface area contributed by atoms with Crippen LogP contribution in [0.5, 0.6) is 0 Å². The lowest BCUT2D eigenvalue weighted by Gasteiger charge is -2.00.